The first-order chi connectivity index (χ1) is 11.9. The second-order valence-corrected chi connectivity index (χ2v) is 6.39. The van der Waals surface area contributed by atoms with Crippen LogP contribution in [-0.4, -0.2) is 23.1 Å². The largest absolute Gasteiger partial charge is 0.332 e. The van der Waals surface area contributed by atoms with E-state index in [-0.39, 0.29) is 17.3 Å². The minimum Gasteiger partial charge on any atom is -0.307 e. The van der Waals surface area contributed by atoms with Crippen molar-refractivity contribution in [2.24, 2.45) is 14.1 Å². The molecule has 0 bridgehead atoms. The average molecular weight is 337 g/mol. The SMILES string of the molecule is Cc1cn2c3c(=O)n(C)c(=O)n(C)c3nc2n1C(C)c1ccccc1. The van der Waals surface area contributed by atoms with Gasteiger partial charge in [-0.3, -0.25) is 18.3 Å². The quantitative estimate of drug-likeness (QED) is 0.558. The number of fused-ring (bicyclic) bond motifs is 3. The molecule has 0 aliphatic heterocycles. The Morgan fingerprint density at radius 3 is 2.40 bits per heavy atom. The molecule has 128 valence electrons. The maximum absolute atomic E-state index is 12.6. The highest BCUT2D eigenvalue weighted by Crippen LogP contribution is 2.25. The summed E-state index contributed by atoms with van der Waals surface area (Å²) in [5.74, 6) is 0.655. The molecule has 1 unspecified atom stereocenters. The molecule has 0 N–H and O–H groups in total. The first-order valence-corrected chi connectivity index (χ1v) is 8.12. The standard InChI is InChI=1S/C18H19N5O2/c1-11-10-22-14-15(20(3)18(25)21(4)16(14)24)19-17(22)23(11)12(2)13-8-6-5-7-9-13/h5-10,12H,1-4H3. The molecule has 3 aromatic heterocycles. The van der Waals surface area contributed by atoms with E-state index in [0.717, 1.165) is 15.8 Å². The summed E-state index contributed by atoms with van der Waals surface area (Å²) in [4.78, 5) is 29.4. The Bertz CT molecular complexity index is 1220. The third kappa shape index (κ3) is 2.02. The summed E-state index contributed by atoms with van der Waals surface area (Å²) in [5, 5.41) is 0. The number of aromatic nitrogens is 5. The lowest BCUT2D eigenvalue weighted by molar-refractivity contribution is 0.639. The van der Waals surface area contributed by atoms with E-state index in [0.29, 0.717) is 16.9 Å². The van der Waals surface area contributed by atoms with E-state index in [2.05, 4.69) is 28.6 Å². The van der Waals surface area contributed by atoms with Crippen LogP contribution in [-0.2, 0) is 14.1 Å². The summed E-state index contributed by atoms with van der Waals surface area (Å²) in [6.45, 7) is 4.09. The van der Waals surface area contributed by atoms with Gasteiger partial charge in [-0.15, -0.1) is 0 Å². The van der Waals surface area contributed by atoms with Gasteiger partial charge in [0.1, 0.15) is 0 Å². The van der Waals surface area contributed by atoms with E-state index < -0.39 is 0 Å². The fourth-order valence-corrected chi connectivity index (χ4v) is 3.46. The van der Waals surface area contributed by atoms with E-state index in [4.69, 9.17) is 0 Å². The molecule has 0 radical (unpaired) electrons. The van der Waals surface area contributed by atoms with Crippen molar-refractivity contribution in [2.45, 2.75) is 19.9 Å². The van der Waals surface area contributed by atoms with Gasteiger partial charge >= 0.3 is 5.69 Å². The van der Waals surface area contributed by atoms with E-state index in [9.17, 15) is 9.59 Å². The van der Waals surface area contributed by atoms with E-state index in [1.165, 1.54) is 11.6 Å². The van der Waals surface area contributed by atoms with Crippen molar-refractivity contribution in [1.29, 1.82) is 0 Å². The summed E-state index contributed by atoms with van der Waals surface area (Å²) < 4.78 is 6.39. The lowest BCUT2D eigenvalue weighted by Gasteiger charge is -2.16. The smallest absolute Gasteiger partial charge is 0.307 e. The monoisotopic (exact) mass is 337 g/mol. The van der Waals surface area contributed by atoms with Gasteiger partial charge in [-0.2, -0.15) is 4.98 Å². The lowest BCUT2D eigenvalue weighted by atomic mass is 10.1. The molecule has 4 aromatic rings. The van der Waals surface area contributed by atoms with Crippen LogP contribution in [0.2, 0.25) is 0 Å². The van der Waals surface area contributed by atoms with Gasteiger partial charge in [0.05, 0.1) is 6.04 Å². The fraction of sp³-hybridized carbons (Fsp3) is 0.278. The molecular weight excluding hydrogens is 318 g/mol. The minimum atomic E-state index is -0.377. The zero-order valence-electron chi connectivity index (χ0n) is 14.6. The van der Waals surface area contributed by atoms with Crippen molar-refractivity contribution >= 4 is 16.9 Å². The zero-order chi connectivity index (χ0) is 17.9. The normalized spacial score (nSPS) is 13.0. The maximum atomic E-state index is 12.6. The molecule has 0 amide bonds. The molecule has 1 aromatic carbocycles. The van der Waals surface area contributed by atoms with Crippen molar-refractivity contribution in [3.05, 3.63) is 68.6 Å². The van der Waals surface area contributed by atoms with Crippen molar-refractivity contribution in [3.8, 4) is 0 Å². The Kier molecular flexibility index (Phi) is 3.21. The fourth-order valence-electron chi connectivity index (χ4n) is 3.46. The molecule has 3 heterocycles. The molecule has 0 spiro atoms. The Hall–Kier alpha value is -3.09. The molecule has 1 atom stereocenters. The van der Waals surface area contributed by atoms with Crippen LogP contribution < -0.4 is 11.2 Å². The van der Waals surface area contributed by atoms with Crippen LogP contribution in [0.5, 0.6) is 0 Å². The van der Waals surface area contributed by atoms with Crippen molar-refractivity contribution in [1.82, 2.24) is 23.1 Å². The molecule has 0 saturated heterocycles. The van der Waals surface area contributed by atoms with Gasteiger partial charge in [0.25, 0.3) is 5.56 Å². The van der Waals surface area contributed by atoms with Gasteiger partial charge in [-0.25, -0.2) is 4.79 Å². The second kappa shape index (κ2) is 5.20. The average Bonchev–Trinajstić information content (AvgIpc) is 3.13. The molecule has 0 aliphatic rings. The number of hydrogen-bond acceptors (Lipinski definition) is 3. The molecule has 0 saturated carbocycles. The van der Waals surface area contributed by atoms with Gasteiger partial charge in [0.15, 0.2) is 11.2 Å². The summed E-state index contributed by atoms with van der Waals surface area (Å²) in [6, 6.07) is 10.2. The van der Waals surface area contributed by atoms with Crippen LogP contribution in [0.3, 0.4) is 0 Å². The van der Waals surface area contributed by atoms with Crippen LogP contribution in [0, 0.1) is 6.92 Å². The summed E-state index contributed by atoms with van der Waals surface area (Å²) in [7, 11) is 3.12. The number of aryl methyl sites for hydroxylation is 2. The van der Waals surface area contributed by atoms with E-state index in [1.54, 1.807) is 11.4 Å². The zero-order valence-corrected chi connectivity index (χ0v) is 14.6. The molecule has 7 heteroatoms. The van der Waals surface area contributed by atoms with Gasteiger partial charge in [-0.05, 0) is 19.4 Å². The van der Waals surface area contributed by atoms with Gasteiger partial charge in [0.2, 0.25) is 5.78 Å². The van der Waals surface area contributed by atoms with Gasteiger partial charge in [-0.1, -0.05) is 30.3 Å². The predicted molar refractivity (Wildman–Crippen MR) is 96.2 cm³/mol. The number of nitrogens with zero attached hydrogens (tertiary/aromatic N) is 5. The van der Waals surface area contributed by atoms with Crippen molar-refractivity contribution in [3.63, 3.8) is 0 Å². The maximum Gasteiger partial charge on any atom is 0.332 e. The molecule has 7 nitrogen and oxygen atoms in total. The van der Waals surface area contributed by atoms with Gasteiger partial charge in [0, 0.05) is 26.0 Å². The van der Waals surface area contributed by atoms with E-state index >= 15 is 0 Å². The summed E-state index contributed by atoms with van der Waals surface area (Å²) in [6.07, 6.45) is 1.90. The van der Waals surface area contributed by atoms with Crippen LogP contribution in [0.25, 0.3) is 16.9 Å². The highest BCUT2D eigenvalue weighted by Gasteiger charge is 2.21. The van der Waals surface area contributed by atoms with Crippen molar-refractivity contribution in [2.75, 3.05) is 0 Å². The predicted octanol–water partition coefficient (Wildman–Crippen LogP) is 1.60. The Morgan fingerprint density at radius 1 is 1.04 bits per heavy atom. The summed E-state index contributed by atoms with van der Waals surface area (Å²) in [5.41, 5.74) is 2.25. The van der Waals surface area contributed by atoms with E-state index in [1.807, 2.05) is 31.3 Å². The van der Waals surface area contributed by atoms with Crippen LogP contribution in [0.15, 0.2) is 46.1 Å². The molecule has 0 aliphatic carbocycles. The van der Waals surface area contributed by atoms with Crippen LogP contribution >= 0.6 is 0 Å². The van der Waals surface area contributed by atoms with Crippen LogP contribution in [0.1, 0.15) is 24.2 Å². The molecular formula is C18H19N5O2. The number of hydrogen-bond donors (Lipinski definition) is 0. The topological polar surface area (TPSA) is 66.2 Å². The third-order valence-electron chi connectivity index (χ3n) is 4.85. The molecule has 4 rings (SSSR count). The lowest BCUT2D eigenvalue weighted by Crippen LogP contribution is -2.37. The summed E-state index contributed by atoms with van der Waals surface area (Å²) >= 11 is 0. The first kappa shape index (κ1) is 15.4. The van der Waals surface area contributed by atoms with Gasteiger partial charge < -0.3 is 4.57 Å². The van der Waals surface area contributed by atoms with Crippen molar-refractivity contribution < 1.29 is 0 Å². The Balaban J connectivity index is 2.10. The molecule has 25 heavy (non-hydrogen) atoms. The second-order valence-electron chi connectivity index (χ2n) is 6.39. The van der Waals surface area contributed by atoms with Crippen LogP contribution in [0.4, 0.5) is 0 Å². The number of rotatable bonds is 2. The highest BCUT2D eigenvalue weighted by atomic mass is 16.2. The number of benzene rings is 1. The Morgan fingerprint density at radius 2 is 1.72 bits per heavy atom. The minimum absolute atomic E-state index is 0.0522. The Labute approximate surface area is 143 Å². The first-order valence-electron chi connectivity index (χ1n) is 8.12. The number of imidazole rings is 2. The third-order valence-corrected chi connectivity index (χ3v) is 4.85. The highest BCUT2D eigenvalue weighted by molar-refractivity contribution is 5.75. The molecule has 0 fully saturated rings.